The van der Waals surface area contributed by atoms with Gasteiger partial charge >= 0.3 is 0 Å². The highest BCUT2D eigenvalue weighted by Crippen LogP contribution is 2.27. The van der Waals surface area contributed by atoms with Gasteiger partial charge in [-0.2, -0.15) is 0 Å². The minimum absolute atomic E-state index is 0.0627. The van der Waals surface area contributed by atoms with Gasteiger partial charge in [-0.05, 0) is 57.6 Å². The van der Waals surface area contributed by atoms with E-state index in [9.17, 15) is 15.3 Å². The third-order valence-electron chi connectivity index (χ3n) is 4.07. The number of pyridine rings is 1. The molecule has 0 amide bonds. The molecule has 9 nitrogen and oxygen atoms in total. The molecule has 0 fully saturated rings. The molecule has 1 aromatic carbocycles. The molecule has 1 heterocycles. The predicted octanol–water partition coefficient (Wildman–Crippen LogP) is 1.05. The lowest BCUT2D eigenvalue weighted by Gasteiger charge is -2.22. The van der Waals surface area contributed by atoms with E-state index in [1.807, 2.05) is 20.8 Å². The van der Waals surface area contributed by atoms with Crippen molar-refractivity contribution in [2.24, 2.45) is 0 Å². The van der Waals surface area contributed by atoms with Crippen LogP contribution in [0.4, 0.5) is 0 Å². The zero-order chi connectivity index (χ0) is 22.9. The summed E-state index contributed by atoms with van der Waals surface area (Å²) >= 11 is 0. The highest BCUT2D eigenvalue weighted by molar-refractivity contribution is 5.41. The van der Waals surface area contributed by atoms with Crippen LogP contribution in [-0.4, -0.2) is 61.3 Å². The average molecular weight is 424 g/mol. The van der Waals surface area contributed by atoms with Crippen LogP contribution < -0.4 is 10.6 Å². The number of aliphatic hydroxyl groups is 3. The van der Waals surface area contributed by atoms with Gasteiger partial charge in [0.25, 0.3) is 0 Å². The standard InChI is InChI=1S/C12H20N2O3.C9H13NO3/c1-12(2,3)13-6-11(17)8-4-5-10(16)9(7-15)14-8;1-10-5-9(13)6-2-3-7(11)8(12)4-6/h4-5,11,13,15-17H,6-7H2,1-3H3;2-4,9-13H,5H2,1H3/t;9-/m.0/s1. The first-order chi connectivity index (χ1) is 14.0. The van der Waals surface area contributed by atoms with Crippen molar-refractivity contribution in [2.75, 3.05) is 20.1 Å². The second-order valence-electron chi connectivity index (χ2n) is 7.83. The second kappa shape index (κ2) is 11.7. The number of phenols is 2. The number of nitrogens with zero attached hydrogens (tertiary/aromatic N) is 1. The van der Waals surface area contributed by atoms with Gasteiger partial charge in [-0.1, -0.05) is 6.07 Å². The summed E-state index contributed by atoms with van der Waals surface area (Å²) in [5.74, 6) is -0.458. The van der Waals surface area contributed by atoms with Gasteiger partial charge in [0.2, 0.25) is 0 Å². The van der Waals surface area contributed by atoms with Crippen LogP contribution >= 0.6 is 0 Å². The Morgan fingerprint density at radius 1 is 0.900 bits per heavy atom. The maximum absolute atomic E-state index is 9.91. The molecule has 2 aromatic rings. The lowest BCUT2D eigenvalue weighted by atomic mass is 10.1. The predicted molar refractivity (Wildman–Crippen MR) is 113 cm³/mol. The van der Waals surface area contributed by atoms with E-state index in [0.29, 0.717) is 24.3 Å². The largest absolute Gasteiger partial charge is 0.506 e. The summed E-state index contributed by atoms with van der Waals surface area (Å²) in [6.07, 6.45) is -1.43. The van der Waals surface area contributed by atoms with Gasteiger partial charge < -0.3 is 41.3 Å². The smallest absolute Gasteiger partial charge is 0.157 e. The van der Waals surface area contributed by atoms with Crippen molar-refractivity contribution in [1.82, 2.24) is 15.6 Å². The van der Waals surface area contributed by atoms with E-state index in [1.54, 1.807) is 19.2 Å². The summed E-state index contributed by atoms with van der Waals surface area (Å²) in [6.45, 7) is 6.44. The molecule has 0 spiro atoms. The third-order valence-corrected chi connectivity index (χ3v) is 4.07. The summed E-state index contributed by atoms with van der Waals surface area (Å²) in [5, 5.41) is 61.8. The average Bonchev–Trinajstić information content (AvgIpc) is 2.68. The summed E-state index contributed by atoms with van der Waals surface area (Å²) in [7, 11) is 1.73. The number of aromatic nitrogens is 1. The van der Waals surface area contributed by atoms with Gasteiger partial charge in [0.15, 0.2) is 11.5 Å². The van der Waals surface area contributed by atoms with E-state index in [-0.39, 0.29) is 35.1 Å². The second-order valence-corrected chi connectivity index (χ2v) is 7.83. The fourth-order valence-electron chi connectivity index (χ4n) is 2.38. The molecule has 0 saturated carbocycles. The molecule has 8 N–H and O–H groups in total. The Balaban J connectivity index is 0.000000311. The molecule has 2 atom stereocenters. The summed E-state index contributed by atoms with van der Waals surface area (Å²) in [6, 6.07) is 7.23. The third kappa shape index (κ3) is 8.52. The zero-order valence-corrected chi connectivity index (χ0v) is 17.8. The molecule has 1 unspecified atom stereocenters. The number of nitrogens with one attached hydrogen (secondary N) is 2. The number of aromatic hydroxyl groups is 3. The van der Waals surface area contributed by atoms with Gasteiger partial charge in [0.05, 0.1) is 18.4 Å². The number of hydrogen-bond acceptors (Lipinski definition) is 9. The van der Waals surface area contributed by atoms with Crippen LogP contribution in [0.3, 0.4) is 0 Å². The number of aliphatic hydroxyl groups excluding tert-OH is 3. The molecule has 0 aliphatic carbocycles. The summed E-state index contributed by atoms with van der Waals surface area (Å²) in [4.78, 5) is 4.00. The lowest BCUT2D eigenvalue weighted by Crippen LogP contribution is -2.38. The van der Waals surface area contributed by atoms with Gasteiger partial charge in [-0.3, -0.25) is 0 Å². The molecule has 168 valence electrons. The van der Waals surface area contributed by atoms with E-state index in [4.69, 9.17) is 15.3 Å². The molecule has 9 heteroatoms. The number of likely N-dealkylation sites (N-methyl/N-ethyl adjacent to an activating group) is 1. The van der Waals surface area contributed by atoms with Crippen molar-refractivity contribution in [2.45, 2.75) is 45.1 Å². The minimum atomic E-state index is -0.764. The van der Waals surface area contributed by atoms with Crippen LogP contribution in [0.5, 0.6) is 17.2 Å². The van der Waals surface area contributed by atoms with E-state index < -0.39 is 12.2 Å². The quantitative estimate of drug-likeness (QED) is 0.305. The maximum atomic E-state index is 9.91. The summed E-state index contributed by atoms with van der Waals surface area (Å²) < 4.78 is 0. The van der Waals surface area contributed by atoms with E-state index >= 15 is 0 Å². The number of hydrogen-bond donors (Lipinski definition) is 8. The van der Waals surface area contributed by atoms with Crippen LogP contribution in [-0.2, 0) is 6.61 Å². The molecule has 0 radical (unpaired) electrons. The first kappa shape index (κ1) is 25.6. The molecule has 0 aliphatic rings. The Morgan fingerprint density at radius 3 is 2.07 bits per heavy atom. The lowest BCUT2D eigenvalue weighted by molar-refractivity contribution is 0.158. The van der Waals surface area contributed by atoms with Gasteiger partial charge in [-0.25, -0.2) is 4.98 Å². The van der Waals surface area contributed by atoms with E-state index in [2.05, 4.69) is 15.6 Å². The van der Waals surface area contributed by atoms with Gasteiger partial charge in [-0.15, -0.1) is 0 Å². The Labute approximate surface area is 176 Å². The van der Waals surface area contributed by atoms with Crippen molar-refractivity contribution < 1.29 is 30.6 Å². The highest BCUT2D eigenvalue weighted by atomic mass is 16.3. The first-order valence-electron chi connectivity index (χ1n) is 9.55. The fourth-order valence-corrected chi connectivity index (χ4v) is 2.38. The summed E-state index contributed by atoms with van der Waals surface area (Å²) in [5.41, 5.74) is 1.10. The zero-order valence-electron chi connectivity index (χ0n) is 17.8. The molecule has 0 saturated heterocycles. The maximum Gasteiger partial charge on any atom is 0.157 e. The molecular weight excluding hydrogens is 390 g/mol. The topological polar surface area (TPSA) is 158 Å². The number of phenolic OH excluding ortho intramolecular Hbond substituents is 2. The molecule has 2 rings (SSSR count). The normalized spacial score (nSPS) is 13.3. The minimum Gasteiger partial charge on any atom is -0.506 e. The van der Waals surface area contributed by atoms with Crippen LogP contribution in [0.25, 0.3) is 0 Å². The molecule has 30 heavy (non-hydrogen) atoms. The molecular formula is C21H33N3O6. The van der Waals surface area contributed by atoms with Crippen LogP contribution in [0.1, 0.15) is 49.9 Å². The molecule has 0 aliphatic heterocycles. The van der Waals surface area contributed by atoms with Gasteiger partial charge in [0.1, 0.15) is 17.5 Å². The SMILES string of the molecule is CC(C)(C)NCC(O)c1ccc(O)c(CO)n1.CNC[C@H](O)c1ccc(O)c(O)c1. The van der Waals surface area contributed by atoms with E-state index in [0.717, 1.165) is 0 Å². The Hall–Kier alpha value is -2.43. The van der Waals surface area contributed by atoms with Crippen molar-refractivity contribution in [1.29, 1.82) is 0 Å². The van der Waals surface area contributed by atoms with E-state index in [1.165, 1.54) is 18.2 Å². The van der Waals surface area contributed by atoms with Crippen molar-refractivity contribution >= 4 is 0 Å². The Morgan fingerprint density at radius 2 is 1.53 bits per heavy atom. The fraction of sp³-hybridized carbons (Fsp3) is 0.476. The Kier molecular flexibility index (Phi) is 9.97. The van der Waals surface area contributed by atoms with Gasteiger partial charge in [0, 0.05) is 18.6 Å². The first-order valence-corrected chi connectivity index (χ1v) is 9.55. The van der Waals surface area contributed by atoms with Crippen LogP contribution in [0.15, 0.2) is 30.3 Å². The number of benzene rings is 1. The molecule has 0 bridgehead atoms. The van der Waals surface area contributed by atoms with Crippen molar-refractivity contribution in [3.05, 3.63) is 47.3 Å². The number of rotatable bonds is 7. The van der Waals surface area contributed by atoms with Crippen LogP contribution in [0.2, 0.25) is 0 Å². The van der Waals surface area contributed by atoms with Crippen molar-refractivity contribution in [3.8, 4) is 17.2 Å². The Bertz CT molecular complexity index is 795. The number of β-amino-alcohol motifs (C(OH)–C–C–N with tert-alkyl or cyclic N) is 1. The van der Waals surface area contributed by atoms with Crippen LogP contribution in [0, 0.1) is 0 Å². The highest BCUT2D eigenvalue weighted by Gasteiger charge is 2.15. The monoisotopic (exact) mass is 423 g/mol. The molecule has 1 aromatic heterocycles. The van der Waals surface area contributed by atoms with Crippen molar-refractivity contribution in [3.63, 3.8) is 0 Å².